The van der Waals surface area contributed by atoms with Gasteiger partial charge in [0.05, 0.1) is 0 Å². The van der Waals surface area contributed by atoms with E-state index >= 15 is 0 Å². The number of benzene rings is 2. The third-order valence-corrected chi connectivity index (χ3v) is 5.02. The van der Waals surface area contributed by atoms with Gasteiger partial charge in [-0.3, -0.25) is 0 Å². The number of carboxylic acids is 1. The lowest BCUT2D eigenvalue weighted by molar-refractivity contribution is -0.139. The number of hydrogen-bond donors (Lipinski definition) is 2. The summed E-state index contributed by atoms with van der Waals surface area (Å²) < 4.78 is 5.99. The van der Waals surface area contributed by atoms with Crippen molar-refractivity contribution < 1.29 is 14.3 Å². The summed E-state index contributed by atoms with van der Waals surface area (Å²) in [4.78, 5) is 21.2. The van der Waals surface area contributed by atoms with Crippen LogP contribution in [0.25, 0.3) is 33.5 Å². The minimum absolute atomic E-state index is 0. The van der Waals surface area contributed by atoms with E-state index in [9.17, 15) is 9.90 Å². The van der Waals surface area contributed by atoms with Gasteiger partial charge in [-0.1, -0.05) is 62.7 Å². The maximum Gasteiger partial charge on any atom is 0.326 e. The van der Waals surface area contributed by atoms with Crippen LogP contribution in [0.3, 0.4) is 0 Å². The molecule has 0 aliphatic rings. The summed E-state index contributed by atoms with van der Waals surface area (Å²) in [5.41, 5.74) is 2.68. The first kappa shape index (κ1) is 20.6. The van der Waals surface area contributed by atoms with Crippen molar-refractivity contribution in [1.29, 1.82) is 0 Å². The van der Waals surface area contributed by atoms with Crippen LogP contribution < -0.4 is 5.32 Å². The minimum atomic E-state index is -0.918. The lowest BCUT2D eigenvalue weighted by Gasteiger charge is -2.20. The van der Waals surface area contributed by atoms with E-state index in [4.69, 9.17) is 9.40 Å². The van der Waals surface area contributed by atoms with Crippen molar-refractivity contribution in [3.63, 3.8) is 0 Å². The number of carboxylic acid groups (broad SMARTS) is 1. The van der Waals surface area contributed by atoms with E-state index in [-0.39, 0.29) is 18.3 Å². The monoisotopic (exact) mass is 411 g/mol. The van der Waals surface area contributed by atoms with Crippen LogP contribution in [0.2, 0.25) is 0 Å². The molecule has 150 valence electrons. The van der Waals surface area contributed by atoms with E-state index < -0.39 is 12.0 Å². The highest BCUT2D eigenvalue weighted by Gasteiger charge is 2.26. The van der Waals surface area contributed by atoms with Crippen LogP contribution in [0.4, 0.5) is 5.82 Å². The Morgan fingerprint density at radius 2 is 1.79 bits per heavy atom. The Kier molecular flexibility index (Phi) is 6.03. The molecule has 0 aliphatic carbocycles. The Labute approximate surface area is 174 Å². The molecule has 6 nitrogen and oxygen atoms in total. The summed E-state index contributed by atoms with van der Waals surface area (Å²) in [5.74, 6) is -0.0752. The van der Waals surface area contributed by atoms with Crippen LogP contribution in [0, 0.1) is 5.92 Å². The number of fused-ring (bicyclic) bond motifs is 3. The molecule has 2 N–H and O–H groups in total. The molecule has 2 aromatic carbocycles. The minimum Gasteiger partial charge on any atom is -0.480 e. The first-order chi connectivity index (χ1) is 13.6. The van der Waals surface area contributed by atoms with Crippen molar-refractivity contribution in [3.8, 4) is 11.4 Å². The third-order valence-electron chi connectivity index (χ3n) is 5.02. The Morgan fingerprint density at radius 1 is 1.10 bits per heavy atom. The first-order valence-electron chi connectivity index (χ1n) is 9.32. The van der Waals surface area contributed by atoms with Crippen LogP contribution in [0.15, 0.2) is 59.0 Å². The smallest absolute Gasteiger partial charge is 0.326 e. The Balaban J connectivity index is 0.00000240. The molecule has 0 aliphatic heterocycles. The molecular weight excluding hydrogens is 390 g/mol. The summed E-state index contributed by atoms with van der Waals surface area (Å²) in [7, 11) is 0. The van der Waals surface area contributed by atoms with Crippen LogP contribution >= 0.6 is 12.4 Å². The normalized spacial score (nSPS) is 13.0. The maximum atomic E-state index is 11.8. The lowest BCUT2D eigenvalue weighted by Crippen LogP contribution is -2.35. The lowest BCUT2D eigenvalue weighted by atomic mass is 9.99. The molecule has 0 amide bonds. The maximum absolute atomic E-state index is 11.8. The van der Waals surface area contributed by atoms with Gasteiger partial charge in [-0.15, -0.1) is 12.4 Å². The highest BCUT2D eigenvalue weighted by atomic mass is 35.5. The fourth-order valence-corrected chi connectivity index (χ4v) is 3.24. The first-order valence-corrected chi connectivity index (χ1v) is 9.32. The zero-order chi connectivity index (χ0) is 19.7. The molecule has 7 heteroatoms. The summed E-state index contributed by atoms with van der Waals surface area (Å²) >= 11 is 0. The molecule has 4 rings (SSSR count). The van der Waals surface area contributed by atoms with Gasteiger partial charge in [-0.25, -0.2) is 14.8 Å². The molecule has 0 spiro atoms. The van der Waals surface area contributed by atoms with Crippen molar-refractivity contribution in [2.24, 2.45) is 5.92 Å². The molecule has 2 heterocycles. The van der Waals surface area contributed by atoms with Crippen molar-refractivity contribution in [3.05, 3.63) is 54.6 Å². The van der Waals surface area contributed by atoms with Gasteiger partial charge in [0.1, 0.15) is 17.1 Å². The molecule has 1 unspecified atom stereocenters. The Hall–Kier alpha value is -3.12. The predicted octanol–water partition coefficient (Wildman–Crippen LogP) is 5.38. The number of nitrogens with one attached hydrogen (secondary N) is 1. The molecule has 29 heavy (non-hydrogen) atoms. The number of furan rings is 1. The van der Waals surface area contributed by atoms with Gasteiger partial charge in [0.2, 0.25) is 0 Å². The quantitative estimate of drug-likeness (QED) is 0.443. The fraction of sp³-hybridized carbons (Fsp3) is 0.227. The predicted molar refractivity (Wildman–Crippen MR) is 116 cm³/mol. The Bertz CT molecular complexity index is 1140. The number of halogens is 1. The van der Waals surface area contributed by atoms with Gasteiger partial charge in [0, 0.05) is 10.9 Å². The SMILES string of the molecule is CCC(C)[C@H](Nc1nc(-c2ccccc2)nc2c1oc1ccccc12)C(=O)O.Cl. The van der Waals surface area contributed by atoms with Crippen molar-refractivity contribution in [2.45, 2.75) is 26.3 Å². The topological polar surface area (TPSA) is 88.3 Å². The summed E-state index contributed by atoms with van der Waals surface area (Å²) in [6, 6.07) is 16.5. The number of aromatic nitrogens is 2. The molecule has 0 saturated carbocycles. The zero-order valence-corrected chi connectivity index (χ0v) is 16.9. The molecule has 0 radical (unpaired) electrons. The zero-order valence-electron chi connectivity index (χ0n) is 16.1. The number of nitrogens with zero attached hydrogens (tertiary/aromatic N) is 2. The third kappa shape index (κ3) is 3.89. The second-order valence-corrected chi connectivity index (χ2v) is 6.88. The second-order valence-electron chi connectivity index (χ2n) is 6.88. The van der Waals surface area contributed by atoms with Gasteiger partial charge >= 0.3 is 5.97 Å². The van der Waals surface area contributed by atoms with Crippen LogP contribution in [-0.2, 0) is 4.79 Å². The Morgan fingerprint density at radius 3 is 2.48 bits per heavy atom. The second kappa shape index (κ2) is 8.49. The molecule has 0 fully saturated rings. The van der Waals surface area contributed by atoms with Crippen LogP contribution in [-0.4, -0.2) is 27.1 Å². The van der Waals surface area contributed by atoms with E-state index in [1.807, 2.05) is 68.4 Å². The average Bonchev–Trinajstić information content (AvgIpc) is 3.10. The van der Waals surface area contributed by atoms with Crippen LogP contribution in [0.1, 0.15) is 20.3 Å². The van der Waals surface area contributed by atoms with Gasteiger partial charge in [0.15, 0.2) is 17.2 Å². The van der Waals surface area contributed by atoms with E-state index in [0.29, 0.717) is 28.3 Å². The number of hydrogen-bond acceptors (Lipinski definition) is 5. The standard InChI is InChI=1S/C22H21N3O3.ClH/c1-3-13(2)17(22(26)27)23-21-19-18(15-11-7-8-12-16(15)28-19)24-20(25-21)14-9-5-4-6-10-14;/h4-13,17H,3H2,1-2H3,(H,26,27)(H,23,24,25);1H/t13?,17-;/m0./s1. The fourth-order valence-electron chi connectivity index (χ4n) is 3.24. The van der Waals surface area contributed by atoms with Crippen molar-refractivity contribution >= 4 is 46.3 Å². The number of carbonyl (C=O) groups is 1. The van der Waals surface area contributed by atoms with E-state index in [1.165, 1.54) is 0 Å². The van der Waals surface area contributed by atoms with E-state index in [1.54, 1.807) is 0 Å². The van der Waals surface area contributed by atoms with E-state index in [2.05, 4.69) is 10.3 Å². The number of para-hydroxylation sites is 1. The largest absolute Gasteiger partial charge is 0.480 e. The molecule has 4 aromatic rings. The average molecular weight is 412 g/mol. The van der Waals surface area contributed by atoms with Gasteiger partial charge < -0.3 is 14.8 Å². The molecule has 0 saturated heterocycles. The molecule has 2 atom stereocenters. The highest BCUT2D eigenvalue weighted by Crippen LogP contribution is 2.33. The van der Waals surface area contributed by atoms with Gasteiger partial charge in [-0.2, -0.15) is 0 Å². The summed E-state index contributed by atoms with van der Waals surface area (Å²) in [5, 5.41) is 13.7. The van der Waals surface area contributed by atoms with Crippen molar-refractivity contribution in [1.82, 2.24) is 9.97 Å². The van der Waals surface area contributed by atoms with Gasteiger partial charge in [0.25, 0.3) is 0 Å². The highest BCUT2D eigenvalue weighted by molar-refractivity contribution is 6.06. The number of aliphatic carboxylic acids is 1. The van der Waals surface area contributed by atoms with E-state index in [0.717, 1.165) is 17.4 Å². The number of anilines is 1. The van der Waals surface area contributed by atoms with Crippen molar-refractivity contribution in [2.75, 3.05) is 5.32 Å². The van der Waals surface area contributed by atoms with Gasteiger partial charge in [-0.05, 0) is 18.1 Å². The molecular formula is C22H22ClN3O3. The number of rotatable bonds is 6. The molecule has 2 aromatic heterocycles. The van der Waals surface area contributed by atoms with Crippen LogP contribution in [0.5, 0.6) is 0 Å². The summed E-state index contributed by atoms with van der Waals surface area (Å²) in [6.07, 6.45) is 0.726. The summed E-state index contributed by atoms with van der Waals surface area (Å²) in [6.45, 7) is 3.87. The molecule has 0 bridgehead atoms.